The number of nitrogens with zero attached hydrogens (tertiary/aromatic N) is 3. The van der Waals surface area contributed by atoms with Gasteiger partial charge in [-0.3, -0.25) is 4.79 Å². The number of rotatable bonds is 5. The van der Waals surface area contributed by atoms with Crippen molar-refractivity contribution < 1.29 is 9.21 Å². The topological polar surface area (TPSA) is 59.2 Å². The molecule has 0 fully saturated rings. The summed E-state index contributed by atoms with van der Waals surface area (Å²) in [6, 6.07) is 22.0. The molecule has 0 N–H and O–H groups in total. The van der Waals surface area contributed by atoms with Gasteiger partial charge >= 0.3 is 0 Å². The van der Waals surface area contributed by atoms with Gasteiger partial charge in [-0.2, -0.15) is 0 Å². The molecule has 0 saturated heterocycles. The number of carbonyl (C=O) groups excluding carboxylic acids is 1. The second-order valence-electron chi connectivity index (χ2n) is 7.88. The lowest BCUT2D eigenvalue weighted by molar-refractivity contribution is 0.0785. The van der Waals surface area contributed by atoms with Gasteiger partial charge in [0, 0.05) is 31.6 Å². The number of aromatic nitrogens is 2. The van der Waals surface area contributed by atoms with E-state index in [9.17, 15) is 4.79 Å². The zero-order valence-corrected chi connectivity index (χ0v) is 18.2. The van der Waals surface area contributed by atoms with Crippen LogP contribution in [0.25, 0.3) is 22.6 Å². The Morgan fingerprint density at radius 3 is 2.19 bits per heavy atom. The van der Waals surface area contributed by atoms with Gasteiger partial charge in [-0.15, -0.1) is 10.2 Å². The summed E-state index contributed by atoms with van der Waals surface area (Å²) >= 11 is 0. The summed E-state index contributed by atoms with van der Waals surface area (Å²) in [6.45, 7) is 6.47. The summed E-state index contributed by atoms with van der Waals surface area (Å²) in [5.41, 5.74) is 7.10. The normalized spacial score (nSPS) is 10.8. The average Bonchev–Trinajstić information content (AvgIpc) is 3.21. The lowest BCUT2D eigenvalue weighted by atomic mass is 9.97. The van der Waals surface area contributed by atoms with E-state index in [1.54, 1.807) is 11.8 Å². The van der Waals surface area contributed by atoms with Gasteiger partial charge in [-0.1, -0.05) is 48.0 Å². The number of hydrogen-bond donors (Lipinski definition) is 0. The van der Waals surface area contributed by atoms with Crippen LogP contribution in [0.1, 0.15) is 32.9 Å². The monoisotopic (exact) mass is 411 g/mol. The van der Waals surface area contributed by atoms with Gasteiger partial charge in [0.05, 0.1) is 0 Å². The van der Waals surface area contributed by atoms with Crippen molar-refractivity contribution in [3.63, 3.8) is 0 Å². The van der Waals surface area contributed by atoms with Crippen LogP contribution in [0.15, 0.2) is 71.1 Å². The van der Waals surface area contributed by atoms with Gasteiger partial charge in [0.1, 0.15) is 0 Å². The minimum Gasteiger partial charge on any atom is -0.421 e. The lowest BCUT2D eigenvalue weighted by Crippen LogP contribution is -2.26. The van der Waals surface area contributed by atoms with Crippen molar-refractivity contribution in [2.75, 3.05) is 7.05 Å². The van der Waals surface area contributed by atoms with Gasteiger partial charge in [0.2, 0.25) is 11.8 Å². The third-order valence-corrected chi connectivity index (χ3v) is 5.34. The molecule has 1 aromatic heterocycles. The number of benzene rings is 3. The van der Waals surface area contributed by atoms with Crippen LogP contribution in [-0.2, 0) is 6.54 Å². The minimum absolute atomic E-state index is 0.000988. The van der Waals surface area contributed by atoms with Crippen LogP contribution in [-0.4, -0.2) is 28.1 Å². The van der Waals surface area contributed by atoms with Crippen molar-refractivity contribution in [1.82, 2.24) is 15.1 Å². The maximum atomic E-state index is 12.9. The summed E-state index contributed by atoms with van der Waals surface area (Å²) in [5.74, 6) is 1.04. The fourth-order valence-electron chi connectivity index (χ4n) is 3.53. The molecule has 0 unspecified atom stereocenters. The van der Waals surface area contributed by atoms with E-state index in [0.717, 1.165) is 27.8 Å². The highest BCUT2D eigenvalue weighted by Crippen LogP contribution is 2.29. The summed E-state index contributed by atoms with van der Waals surface area (Å²) < 4.78 is 5.56. The third kappa shape index (κ3) is 4.56. The zero-order chi connectivity index (χ0) is 22.0. The highest BCUT2D eigenvalue weighted by molar-refractivity contribution is 5.94. The Morgan fingerprint density at radius 1 is 0.871 bits per heavy atom. The molecule has 0 atom stereocenters. The fourth-order valence-corrected chi connectivity index (χ4v) is 3.53. The first-order valence-corrected chi connectivity index (χ1v) is 10.2. The first-order valence-electron chi connectivity index (χ1n) is 10.2. The highest BCUT2D eigenvalue weighted by Gasteiger charge is 2.14. The molecule has 0 aliphatic rings. The van der Waals surface area contributed by atoms with E-state index < -0.39 is 0 Å². The third-order valence-electron chi connectivity index (χ3n) is 5.34. The standard InChI is InChI=1S/C26H25N3O2/c1-17-5-8-20(9-6-17)16-29(4)26(30)22-13-11-21(12-14-22)24-15-23(10-7-18(24)2)25-28-27-19(3)31-25/h5-15H,16H2,1-4H3. The SMILES string of the molecule is Cc1ccc(CN(C)C(=O)c2ccc(-c3cc(-c4nnc(C)o4)ccc3C)cc2)cc1. The maximum Gasteiger partial charge on any atom is 0.253 e. The van der Waals surface area contributed by atoms with Crippen molar-refractivity contribution >= 4 is 5.91 Å². The van der Waals surface area contributed by atoms with Crippen LogP contribution in [0.5, 0.6) is 0 Å². The molecular weight excluding hydrogens is 386 g/mol. The van der Waals surface area contributed by atoms with E-state index in [1.165, 1.54) is 5.56 Å². The molecule has 0 saturated carbocycles. The van der Waals surface area contributed by atoms with E-state index >= 15 is 0 Å². The largest absolute Gasteiger partial charge is 0.421 e. The maximum absolute atomic E-state index is 12.9. The number of carbonyl (C=O) groups is 1. The zero-order valence-electron chi connectivity index (χ0n) is 18.2. The predicted octanol–water partition coefficient (Wildman–Crippen LogP) is 5.60. The Hall–Kier alpha value is -3.73. The van der Waals surface area contributed by atoms with Crippen molar-refractivity contribution in [3.05, 3.63) is 94.9 Å². The van der Waals surface area contributed by atoms with E-state index in [-0.39, 0.29) is 5.91 Å². The molecule has 5 nitrogen and oxygen atoms in total. The van der Waals surface area contributed by atoms with Crippen molar-refractivity contribution in [2.45, 2.75) is 27.3 Å². The van der Waals surface area contributed by atoms with E-state index in [2.05, 4.69) is 48.3 Å². The van der Waals surface area contributed by atoms with Crippen LogP contribution in [0, 0.1) is 20.8 Å². The first kappa shape index (κ1) is 20.5. The van der Waals surface area contributed by atoms with Crippen LogP contribution in [0.4, 0.5) is 0 Å². The fraction of sp³-hybridized carbons (Fsp3) is 0.192. The second-order valence-corrected chi connectivity index (χ2v) is 7.88. The molecule has 0 bridgehead atoms. The van der Waals surface area contributed by atoms with Crippen LogP contribution >= 0.6 is 0 Å². The molecule has 1 heterocycles. The molecule has 3 aromatic carbocycles. The smallest absolute Gasteiger partial charge is 0.253 e. The summed E-state index contributed by atoms with van der Waals surface area (Å²) in [6.07, 6.45) is 0. The van der Waals surface area contributed by atoms with Crippen LogP contribution in [0.3, 0.4) is 0 Å². The molecule has 0 spiro atoms. The first-order chi connectivity index (χ1) is 14.9. The lowest BCUT2D eigenvalue weighted by Gasteiger charge is -2.18. The summed E-state index contributed by atoms with van der Waals surface area (Å²) in [4.78, 5) is 14.6. The summed E-state index contributed by atoms with van der Waals surface area (Å²) in [7, 11) is 1.83. The Balaban J connectivity index is 1.54. The van der Waals surface area contributed by atoms with Crippen LogP contribution in [0.2, 0.25) is 0 Å². The van der Waals surface area contributed by atoms with Gasteiger partial charge in [-0.05, 0) is 60.4 Å². The molecule has 0 aliphatic carbocycles. The van der Waals surface area contributed by atoms with Crippen molar-refractivity contribution in [2.24, 2.45) is 0 Å². The summed E-state index contributed by atoms with van der Waals surface area (Å²) in [5, 5.41) is 8.02. The molecule has 5 heteroatoms. The average molecular weight is 412 g/mol. The molecule has 0 radical (unpaired) electrons. The molecule has 1 amide bonds. The molecule has 0 aliphatic heterocycles. The Bertz CT molecular complexity index is 1210. The molecule has 156 valence electrons. The molecular formula is C26H25N3O2. The number of amides is 1. The number of hydrogen-bond acceptors (Lipinski definition) is 4. The van der Waals surface area contributed by atoms with Gasteiger partial charge < -0.3 is 9.32 Å². The van der Waals surface area contributed by atoms with Gasteiger partial charge in [0.25, 0.3) is 5.91 Å². The van der Waals surface area contributed by atoms with E-state index in [4.69, 9.17) is 4.42 Å². The van der Waals surface area contributed by atoms with E-state index in [1.807, 2.05) is 49.5 Å². The van der Waals surface area contributed by atoms with Gasteiger partial charge in [0.15, 0.2) is 0 Å². The Kier molecular flexibility index (Phi) is 5.67. The van der Waals surface area contributed by atoms with Crippen molar-refractivity contribution in [3.8, 4) is 22.6 Å². The van der Waals surface area contributed by atoms with E-state index in [0.29, 0.717) is 23.9 Å². The minimum atomic E-state index is -0.000988. The Labute approximate surface area is 182 Å². The quantitative estimate of drug-likeness (QED) is 0.429. The highest BCUT2D eigenvalue weighted by atomic mass is 16.4. The van der Waals surface area contributed by atoms with Gasteiger partial charge in [-0.25, -0.2) is 0 Å². The van der Waals surface area contributed by atoms with Crippen molar-refractivity contribution in [1.29, 1.82) is 0 Å². The molecule has 4 rings (SSSR count). The molecule has 4 aromatic rings. The number of aryl methyl sites for hydroxylation is 3. The van der Waals surface area contributed by atoms with Crippen LogP contribution < -0.4 is 0 Å². The second kappa shape index (κ2) is 8.56. The molecule has 31 heavy (non-hydrogen) atoms. The Morgan fingerprint density at radius 2 is 1.55 bits per heavy atom. The predicted molar refractivity (Wildman–Crippen MR) is 122 cm³/mol.